The van der Waals surface area contributed by atoms with Crippen molar-refractivity contribution in [2.24, 2.45) is 0 Å². The Balaban J connectivity index is 1.79. The quantitative estimate of drug-likeness (QED) is 0.655. The minimum atomic E-state index is -0.555. The number of rotatable bonds is 3. The Bertz CT molecular complexity index is 1000. The number of fused-ring (bicyclic) bond motifs is 1. The second-order valence-corrected chi connectivity index (χ2v) is 5.97. The first-order chi connectivity index (χ1) is 12.0. The van der Waals surface area contributed by atoms with Crippen LogP contribution in [-0.4, -0.2) is 11.0 Å². The van der Waals surface area contributed by atoms with Crippen molar-refractivity contribution in [3.63, 3.8) is 0 Å². The van der Waals surface area contributed by atoms with Crippen LogP contribution in [-0.2, 0) is 0 Å². The van der Waals surface area contributed by atoms with E-state index in [0.29, 0.717) is 11.1 Å². The minimum Gasteiger partial charge on any atom is -0.331 e. The Morgan fingerprint density at radius 2 is 1.92 bits per heavy atom. The van der Waals surface area contributed by atoms with Gasteiger partial charge in [0.2, 0.25) is 0 Å². The highest BCUT2D eigenvalue weighted by molar-refractivity contribution is 6.31. The summed E-state index contributed by atoms with van der Waals surface area (Å²) in [5.74, 6) is -0.555. The molecule has 3 aromatic rings. The highest BCUT2D eigenvalue weighted by atomic mass is 35.5. The molecule has 2 amide bonds. The lowest BCUT2D eigenvalue weighted by atomic mass is 10.0. The number of carbonyl (C=O) groups is 1. The lowest BCUT2D eigenvalue weighted by Crippen LogP contribution is -2.31. The van der Waals surface area contributed by atoms with Gasteiger partial charge < -0.3 is 15.6 Å². The van der Waals surface area contributed by atoms with Gasteiger partial charge in [0.1, 0.15) is 5.82 Å². The van der Waals surface area contributed by atoms with Crippen LogP contribution in [0.15, 0.2) is 53.5 Å². The third-order valence-corrected chi connectivity index (χ3v) is 4.12. The van der Waals surface area contributed by atoms with Crippen molar-refractivity contribution in [2.75, 3.05) is 5.32 Å². The van der Waals surface area contributed by atoms with Crippen molar-refractivity contribution < 1.29 is 9.18 Å². The molecule has 0 radical (unpaired) electrons. The maximum absolute atomic E-state index is 13.2. The molecule has 0 unspecified atom stereocenters. The Morgan fingerprint density at radius 1 is 1.20 bits per heavy atom. The van der Waals surface area contributed by atoms with Gasteiger partial charge in [-0.3, -0.25) is 4.79 Å². The van der Waals surface area contributed by atoms with E-state index in [-0.39, 0.29) is 16.6 Å². The highest BCUT2D eigenvalue weighted by Crippen LogP contribution is 2.22. The van der Waals surface area contributed by atoms with Crippen LogP contribution in [0.1, 0.15) is 18.5 Å². The molecule has 0 fully saturated rings. The van der Waals surface area contributed by atoms with E-state index in [1.54, 1.807) is 25.3 Å². The molecule has 0 saturated carbocycles. The number of amides is 2. The standard InChI is InChI=1S/C18H15ClFN3O2/c1-10(14-9-21-17(24)13-5-3-2-4-12(13)14)22-18(25)23-11-6-7-16(20)15(19)8-11/h2-10H,1H3,(H,21,24)(H2,22,23,25)/t10-/m0/s1. The minimum absolute atomic E-state index is 0.0718. The number of H-pyrrole nitrogens is 1. The molecule has 0 aliphatic rings. The van der Waals surface area contributed by atoms with E-state index in [4.69, 9.17) is 11.6 Å². The molecule has 128 valence electrons. The molecule has 0 bridgehead atoms. The number of hydrogen-bond acceptors (Lipinski definition) is 2. The van der Waals surface area contributed by atoms with E-state index >= 15 is 0 Å². The molecule has 5 nitrogen and oxygen atoms in total. The number of carbonyl (C=O) groups excluding carboxylic acids is 1. The number of urea groups is 1. The summed E-state index contributed by atoms with van der Waals surface area (Å²) in [5.41, 5.74) is 0.974. The zero-order valence-electron chi connectivity index (χ0n) is 13.3. The van der Waals surface area contributed by atoms with Crippen molar-refractivity contribution in [1.82, 2.24) is 10.3 Å². The van der Waals surface area contributed by atoms with Gasteiger partial charge in [-0.15, -0.1) is 0 Å². The summed E-state index contributed by atoms with van der Waals surface area (Å²) in [6.45, 7) is 1.80. The number of hydrogen-bond donors (Lipinski definition) is 3. The molecule has 1 heterocycles. The monoisotopic (exact) mass is 359 g/mol. The highest BCUT2D eigenvalue weighted by Gasteiger charge is 2.14. The summed E-state index contributed by atoms with van der Waals surface area (Å²) in [6, 6.07) is 10.3. The summed E-state index contributed by atoms with van der Waals surface area (Å²) in [5, 5.41) is 6.63. The topological polar surface area (TPSA) is 74.0 Å². The lowest BCUT2D eigenvalue weighted by molar-refractivity contribution is 0.249. The van der Waals surface area contributed by atoms with Crippen LogP contribution in [0.5, 0.6) is 0 Å². The molecule has 1 aromatic heterocycles. The van der Waals surface area contributed by atoms with Gasteiger partial charge in [-0.25, -0.2) is 9.18 Å². The van der Waals surface area contributed by atoms with Crippen LogP contribution in [0, 0.1) is 5.82 Å². The molecule has 1 atom stereocenters. The van der Waals surface area contributed by atoms with Gasteiger partial charge in [0.25, 0.3) is 5.56 Å². The van der Waals surface area contributed by atoms with Crippen LogP contribution < -0.4 is 16.2 Å². The summed E-state index contributed by atoms with van der Waals surface area (Å²) in [7, 11) is 0. The molecule has 0 spiro atoms. The predicted molar refractivity (Wildman–Crippen MR) is 96.5 cm³/mol. The normalized spacial score (nSPS) is 12.0. The van der Waals surface area contributed by atoms with E-state index < -0.39 is 11.8 Å². The number of pyridine rings is 1. The van der Waals surface area contributed by atoms with E-state index in [2.05, 4.69) is 15.6 Å². The fourth-order valence-corrected chi connectivity index (χ4v) is 2.79. The zero-order chi connectivity index (χ0) is 18.0. The zero-order valence-corrected chi connectivity index (χ0v) is 14.0. The first-order valence-corrected chi connectivity index (χ1v) is 7.96. The largest absolute Gasteiger partial charge is 0.331 e. The van der Waals surface area contributed by atoms with Gasteiger partial charge in [0.05, 0.1) is 11.1 Å². The van der Waals surface area contributed by atoms with Gasteiger partial charge in [-0.05, 0) is 42.1 Å². The Morgan fingerprint density at radius 3 is 2.64 bits per heavy atom. The van der Waals surface area contributed by atoms with Gasteiger partial charge in [-0.2, -0.15) is 0 Å². The van der Waals surface area contributed by atoms with Crippen LogP contribution in [0.25, 0.3) is 10.8 Å². The average Bonchev–Trinajstić information content (AvgIpc) is 2.58. The average molecular weight is 360 g/mol. The molecular weight excluding hydrogens is 345 g/mol. The van der Waals surface area contributed by atoms with Crippen LogP contribution in [0.4, 0.5) is 14.9 Å². The predicted octanol–water partition coefficient (Wildman–Crippen LogP) is 4.20. The maximum atomic E-state index is 13.2. The van der Waals surface area contributed by atoms with E-state index in [1.807, 2.05) is 12.1 Å². The molecule has 0 saturated heterocycles. The number of nitrogens with one attached hydrogen (secondary N) is 3. The Hall–Kier alpha value is -2.86. The van der Waals surface area contributed by atoms with E-state index in [0.717, 1.165) is 10.9 Å². The second-order valence-electron chi connectivity index (χ2n) is 5.57. The first-order valence-electron chi connectivity index (χ1n) is 7.58. The Kier molecular flexibility index (Phi) is 4.72. The van der Waals surface area contributed by atoms with Crippen molar-refractivity contribution >= 4 is 34.1 Å². The van der Waals surface area contributed by atoms with Gasteiger partial charge in [-0.1, -0.05) is 29.8 Å². The molecule has 2 aromatic carbocycles. The number of anilines is 1. The number of aromatic amines is 1. The van der Waals surface area contributed by atoms with Crippen LogP contribution in [0.3, 0.4) is 0 Å². The first kappa shape index (κ1) is 17.0. The van der Waals surface area contributed by atoms with Crippen molar-refractivity contribution in [1.29, 1.82) is 0 Å². The maximum Gasteiger partial charge on any atom is 0.319 e. The lowest BCUT2D eigenvalue weighted by Gasteiger charge is -2.17. The van der Waals surface area contributed by atoms with E-state index in [1.165, 1.54) is 18.2 Å². The number of aromatic nitrogens is 1. The third kappa shape index (κ3) is 3.64. The fraction of sp³-hybridized carbons (Fsp3) is 0.111. The van der Waals surface area contributed by atoms with E-state index in [9.17, 15) is 14.0 Å². The van der Waals surface area contributed by atoms with Gasteiger partial charge in [0.15, 0.2) is 0 Å². The summed E-state index contributed by atoms with van der Waals surface area (Å²) < 4.78 is 13.2. The molecule has 3 rings (SSSR count). The second kappa shape index (κ2) is 6.94. The summed E-state index contributed by atoms with van der Waals surface area (Å²) >= 11 is 5.70. The SMILES string of the molecule is C[C@H](NC(=O)Nc1ccc(F)c(Cl)c1)c1c[nH]c(=O)c2ccccc12. The van der Waals surface area contributed by atoms with Crippen molar-refractivity contribution in [3.8, 4) is 0 Å². The fourth-order valence-electron chi connectivity index (χ4n) is 2.61. The molecule has 7 heteroatoms. The number of halogens is 2. The van der Waals surface area contributed by atoms with Gasteiger partial charge >= 0.3 is 6.03 Å². The molecule has 0 aliphatic carbocycles. The van der Waals surface area contributed by atoms with Crippen LogP contribution >= 0.6 is 11.6 Å². The number of benzene rings is 2. The third-order valence-electron chi connectivity index (χ3n) is 3.83. The summed E-state index contributed by atoms with van der Waals surface area (Å²) in [6.07, 6.45) is 1.59. The van der Waals surface area contributed by atoms with Crippen molar-refractivity contribution in [3.05, 3.63) is 75.4 Å². The van der Waals surface area contributed by atoms with Crippen LogP contribution in [0.2, 0.25) is 5.02 Å². The molecule has 3 N–H and O–H groups in total. The summed E-state index contributed by atoms with van der Waals surface area (Å²) in [4.78, 5) is 26.7. The molecular formula is C18H15ClFN3O2. The Labute approximate surface area is 147 Å². The molecule has 25 heavy (non-hydrogen) atoms. The molecule has 0 aliphatic heterocycles. The smallest absolute Gasteiger partial charge is 0.319 e. The van der Waals surface area contributed by atoms with Gasteiger partial charge in [0, 0.05) is 17.3 Å². The van der Waals surface area contributed by atoms with Crippen molar-refractivity contribution in [2.45, 2.75) is 13.0 Å².